The van der Waals surface area contributed by atoms with Gasteiger partial charge in [0, 0.05) is 5.69 Å². The van der Waals surface area contributed by atoms with Gasteiger partial charge in [-0.3, -0.25) is 4.79 Å². The molecule has 0 atom stereocenters. The molecule has 80 valence electrons. The first kappa shape index (κ1) is 11.1. The van der Waals surface area contributed by atoms with Crippen LogP contribution in [0.3, 0.4) is 0 Å². The van der Waals surface area contributed by atoms with Gasteiger partial charge >= 0.3 is 0 Å². The Morgan fingerprint density at radius 1 is 1.67 bits per heavy atom. The van der Waals surface area contributed by atoms with Gasteiger partial charge in [0.1, 0.15) is 5.75 Å². The number of nitrogen functional groups attached to an aromatic ring is 1. The minimum absolute atomic E-state index is 0.265. The summed E-state index contributed by atoms with van der Waals surface area (Å²) >= 11 is 0. The summed E-state index contributed by atoms with van der Waals surface area (Å²) in [7, 11) is 0. The third-order valence-electron chi connectivity index (χ3n) is 1.76. The topological polar surface area (TPSA) is 64.3 Å². The molecule has 0 radical (unpaired) electrons. The van der Waals surface area contributed by atoms with Gasteiger partial charge in [-0.2, -0.15) is 0 Å². The number of rotatable bonds is 4. The van der Waals surface area contributed by atoms with E-state index in [1.54, 1.807) is 18.2 Å². The van der Waals surface area contributed by atoms with E-state index in [4.69, 9.17) is 10.5 Å². The lowest BCUT2D eigenvalue weighted by molar-refractivity contribution is -0.111. The van der Waals surface area contributed by atoms with Crippen LogP contribution in [0.2, 0.25) is 0 Å². The molecule has 0 spiro atoms. The molecule has 0 aliphatic rings. The SMILES string of the molecule is C=CC(=O)Nc1ccc(OCC)c(N)c1. The van der Waals surface area contributed by atoms with Crippen LogP contribution in [0.4, 0.5) is 11.4 Å². The highest BCUT2D eigenvalue weighted by atomic mass is 16.5. The highest BCUT2D eigenvalue weighted by Crippen LogP contribution is 2.24. The molecule has 0 aromatic heterocycles. The Hall–Kier alpha value is -1.97. The molecule has 15 heavy (non-hydrogen) atoms. The summed E-state index contributed by atoms with van der Waals surface area (Å²) < 4.78 is 5.27. The van der Waals surface area contributed by atoms with Gasteiger partial charge in [-0.1, -0.05) is 6.58 Å². The molecule has 0 saturated heterocycles. The molecule has 4 nitrogen and oxygen atoms in total. The number of ether oxygens (including phenoxy) is 1. The number of hydrogen-bond donors (Lipinski definition) is 2. The molecule has 0 saturated carbocycles. The van der Waals surface area contributed by atoms with Gasteiger partial charge in [-0.25, -0.2) is 0 Å². The van der Waals surface area contributed by atoms with E-state index in [0.29, 0.717) is 23.7 Å². The van der Waals surface area contributed by atoms with Crippen molar-refractivity contribution in [3.8, 4) is 5.75 Å². The van der Waals surface area contributed by atoms with Crippen LogP contribution in [0, 0.1) is 0 Å². The standard InChI is InChI=1S/C11H14N2O2/c1-3-11(14)13-8-5-6-10(15-4-2)9(12)7-8/h3,5-7H,1,4,12H2,2H3,(H,13,14). The van der Waals surface area contributed by atoms with Gasteiger partial charge in [0.05, 0.1) is 12.3 Å². The third-order valence-corrected chi connectivity index (χ3v) is 1.76. The van der Waals surface area contributed by atoms with Crippen molar-refractivity contribution in [1.29, 1.82) is 0 Å². The van der Waals surface area contributed by atoms with Crippen molar-refractivity contribution in [2.45, 2.75) is 6.92 Å². The second-order valence-electron chi connectivity index (χ2n) is 2.88. The van der Waals surface area contributed by atoms with Crippen LogP contribution in [-0.4, -0.2) is 12.5 Å². The van der Waals surface area contributed by atoms with Crippen LogP contribution in [0.5, 0.6) is 5.75 Å². The van der Waals surface area contributed by atoms with Crippen molar-refractivity contribution in [3.63, 3.8) is 0 Å². The Kier molecular flexibility index (Phi) is 3.74. The number of nitrogens with one attached hydrogen (secondary N) is 1. The molecule has 4 heteroatoms. The fraction of sp³-hybridized carbons (Fsp3) is 0.182. The van der Waals surface area contributed by atoms with E-state index in [9.17, 15) is 4.79 Å². The van der Waals surface area contributed by atoms with Crippen LogP contribution < -0.4 is 15.8 Å². The largest absolute Gasteiger partial charge is 0.492 e. The van der Waals surface area contributed by atoms with Crippen molar-refractivity contribution in [2.24, 2.45) is 0 Å². The van der Waals surface area contributed by atoms with Gasteiger partial charge in [0.15, 0.2) is 0 Å². The van der Waals surface area contributed by atoms with Gasteiger partial charge in [-0.05, 0) is 31.2 Å². The molecule has 1 aromatic rings. The molecule has 0 aliphatic carbocycles. The molecular weight excluding hydrogens is 192 g/mol. The molecule has 1 aromatic carbocycles. The second kappa shape index (κ2) is 5.05. The van der Waals surface area contributed by atoms with E-state index in [1.165, 1.54) is 6.08 Å². The highest BCUT2D eigenvalue weighted by molar-refractivity contribution is 5.99. The van der Waals surface area contributed by atoms with Gasteiger partial charge in [0.2, 0.25) is 5.91 Å². The summed E-state index contributed by atoms with van der Waals surface area (Å²) in [4.78, 5) is 11.0. The number of carbonyl (C=O) groups is 1. The average Bonchev–Trinajstić information content (AvgIpc) is 2.22. The van der Waals surface area contributed by atoms with E-state index in [1.807, 2.05) is 6.92 Å². The number of carbonyl (C=O) groups excluding carboxylic acids is 1. The van der Waals surface area contributed by atoms with E-state index >= 15 is 0 Å². The lowest BCUT2D eigenvalue weighted by atomic mass is 10.2. The van der Waals surface area contributed by atoms with Crippen molar-refractivity contribution in [1.82, 2.24) is 0 Å². The number of nitrogens with two attached hydrogens (primary N) is 1. The Balaban J connectivity index is 2.81. The van der Waals surface area contributed by atoms with Crippen LogP contribution in [0.15, 0.2) is 30.9 Å². The zero-order chi connectivity index (χ0) is 11.3. The normalized spacial score (nSPS) is 9.40. The van der Waals surface area contributed by atoms with Crippen molar-refractivity contribution < 1.29 is 9.53 Å². The Morgan fingerprint density at radius 3 is 2.93 bits per heavy atom. The first-order chi connectivity index (χ1) is 7.17. The first-order valence-electron chi connectivity index (χ1n) is 4.63. The van der Waals surface area contributed by atoms with Crippen LogP contribution in [-0.2, 0) is 4.79 Å². The van der Waals surface area contributed by atoms with Crippen LogP contribution in [0.1, 0.15) is 6.92 Å². The van der Waals surface area contributed by atoms with Gasteiger partial charge in [0.25, 0.3) is 0 Å². The number of hydrogen-bond acceptors (Lipinski definition) is 3. The van der Waals surface area contributed by atoms with Gasteiger partial charge < -0.3 is 15.8 Å². The van der Waals surface area contributed by atoms with Gasteiger partial charge in [-0.15, -0.1) is 0 Å². The molecule has 0 bridgehead atoms. The smallest absolute Gasteiger partial charge is 0.247 e. The van der Waals surface area contributed by atoms with Crippen LogP contribution in [0.25, 0.3) is 0 Å². The molecular formula is C11H14N2O2. The maximum absolute atomic E-state index is 11.0. The molecule has 0 aliphatic heterocycles. The van der Waals surface area contributed by atoms with Crippen molar-refractivity contribution in [3.05, 3.63) is 30.9 Å². The summed E-state index contributed by atoms with van der Waals surface area (Å²) in [6, 6.07) is 5.09. The number of benzene rings is 1. The monoisotopic (exact) mass is 206 g/mol. The zero-order valence-corrected chi connectivity index (χ0v) is 8.62. The second-order valence-corrected chi connectivity index (χ2v) is 2.88. The maximum Gasteiger partial charge on any atom is 0.247 e. The lowest BCUT2D eigenvalue weighted by Crippen LogP contribution is -2.07. The fourth-order valence-corrected chi connectivity index (χ4v) is 1.11. The molecule has 1 amide bonds. The fourth-order valence-electron chi connectivity index (χ4n) is 1.11. The maximum atomic E-state index is 11.0. The predicted octanol–water partition coefficient (Wildman–Crippen LogP) is 1.79. The van der Waals surface area contributed by atoms with Crippen molar-refractivity contribution in [2.75, 3.05) is 17.7 Å². The quantitative estimate of drug-likeness (QED) is 0.583. The molecule has 3 N–H and O–H groups in total. The number of amides is 1. The summed E-state index contributed by atoms with van der Waals surface area (Å²) in [5.74, 6) is 0.354. The Labute approximate surface area is 88.7 Å². The van der Waals surface area contributed by atoms with E-state index in [0.717, 1.165) is 0 Å². The Morgan fingerprint density at radius 2 is 2.40 bits per heavy atom. The molecule has 0 unspecified atom stereocenters. The number of anilines is 2. The molecule has 1 rings (SSSR count). The van der Waals surface area contributed by atoms with E-state index in [2.05, 4.69) is 11.9 Å². The van der Waals surface area contributed by atoms with E-state index < -0.39 is 0 Å². The predicted molar refractivity (Wildman–Crippen MR) is 60.9 cm³/mol. The first-order valence-corrected chi connectivity index (χ1v) is 4.63. The highest BCUT2D eigenvalue weighted by Gasteiger charge is 2.02. The third kappa shape index (κ3) is 3.02. The molecule has 0 heterocycles. The van der Waals surface area contributed by atoms with Crippen molar-refractivity contribution >= 4 is 17.3 Å². The molecule has 0 fully saturated rings. The summed E-state index contributed by atoms with van der Waals surface area (Å²) in [6.45, 7) is 5.80. The lowest BCUT2D eigenvalue weighted by Gasteiger charge is -2.08. The summed E-state index contributed by atoms with van der Waals surface area (Å²) in [6.07, 6.45) is 1.20. The zero-order valence-electron chi connectivity index (χ0n) is 8.62. The minimum atomic E-state index is -0.265. The average molecular weight is 206 g/mol. The van der Waals surface area contributed by atoms with E-state index in [-0.39, 0.29) is 5.91 Å². The summed E-state index contributed by atoms with van der Waals surface area (Å²) in [5.41, 5.74) is 6.85. The summed E-state index contributed by atoms with van der Waals surface area (Å²) in [5, 5.41) is 2.61. The van der Waals surface area contributed by atoms with Crippen LogP contribution >= 0.6 is 0 Å². The minimum Gasteiger partial charge on any atom is -0.492 e. The Bertz CT molecular complexity index is 375.